The van der Waals surface area contributed by atoms with Crippen molar-refractivity contribution in [2.45, 2.75) is 31.7 Å². The van der Waals surface area contributed by atoms with Crippen molar-refractivity contribution in [3.8, 4) is 0 Å². The van der Waals surface area contributed by atoms with Crippen molar-refractivity contribution in [1.82, 2.24) is 20.5 Å². The molecule has 2 aromatic rings. The first kappa shape index (κ1) is 12.5. The van der Waals surface area contributed by atoms with Crippen LogP contribution in [0.5, 0.6) is 0 Å². The quantitative estimate of drug-likeness (QED) is 0.798. The Morgan fingerprint density at radius 2 is 2.19 bits per heavy atom. The molecule has 0 spiro atoms. The Hall–Kier alpha value is -2.21. The average Bonchev–Trinajstić information content (AvgIpc) is 3.24. The minimum absolute atomic E-state index is 0.216. The van der Waals surface area contributed by atoms with Gasteiger partial charge in [0, 0.05) is 18.2 Å². The number of H-pyrrole nitrogens is 1. The normalized spacial score (nSPS) is 17.3. The van der Waals surface area contributed by atoms with Crippen molar-refractivity contribution in [3.63, 3.8) is 0 Å². The lowest BCUT2D eigenvalue weighted by Crippen LogP contribution is -2.24. The molecular weight excluding hydrogens is 266 g/mol. The number of nitrogens with one attached hydrogen (secondary N) is 3. The highest BCUT2D eigenvalue weighted by Crippen LogP contribution is 2.37. The third-order valence-corrected chi connectivity index (χ3v) is 4.02. The fourth-order valence-electron chi connectivity index (χ4n) is 2.66. The van der Waals surface area contributed by atoms with E-state index in [-0.39, 0.29) is 11.7 Å². The minimum atomic E-state index is -0.262. The SMILES string of the molecule is O=C(Nc1ccc2c(c1)CNCC2)c1n[nH]c(C2CC2)n1. The Balaban J connectivity index is 1.50. The molecular formula is C15H17N5O. The highest BCUT2D eigenvalue weighted by molar-refractivity contribution is 6.01. The third-order valence-electron chi connectivity index (χ3n) is 4.02. The van der Waals surface area contributed by atoms with E-state index in [1.807, 2.05) is 12.1 Å². The summed E-state index contributed by atoms with van der Waals surface area (Å²) in [6, 6.07) is 6.05. The summed E-state index contributed by atoms with van der Waals surface area (Å²) in [6.45, 7) is 1.87. The van der Waals surface area contributed by atoms with E-state index in [0.29, 0.717) is 5.92 Å². The number of aromatic nitrogens is 3. The largest absolute Gasteiger partial charge is 0.319 e. The molecule has 1 aliphatic carbocycles. The maximum absolute atomic E-state index is 12.2. The van der Waals surface area contributed by atoms with Crippen LogP contribution in [0.15, 0.2) is 18.2 Å². The first-order chi connectivity index (χ1) is 10.3. The van der Waals surface area contributed by atoms with Crippen LogP contribution in [0.25, 0.3) is 0 Å². The summed E-state index contributed by atoms with van der Waals surface area (Å²) in [5.41, 5.74) is 3.38. The molecule has 108 valence electrons. The molecule has 0 bridgehead atoms. The Kier molecular flexibility index (Phi) is 2.96. The van der Waals surface area contributed by atoms with Gasteiger partial charge in [-0.2, -0.15) is 0 Å². The van der Waals surface area contributed by atoms with Crippen LogP contribution < -0.4 is 10.6 Å². The molecule has 0 unspecified atom stereocenters. The number of hydrogen-bond acceptors (Lipinski definition) is 4. The van der Waals surface area contributed by atoms with Gasteiger partial charge in [0.2, 0.25) is 5.82 Å². The lowest BCUT2D eigenvalue weighted by Gasteiger charge is -2.17. The van der Waals surface area contributed by atoms with Crippen molar-refractivity contribution in [3.05, 3.63) is 41.0 Å². The molecule has 21 heavy (non-hydrogen) atoms. The summed E-state index contributed by atoms with van der Waals surface area (Å²) < 4.78 is 0. The van der Waals surface area contributed by atoms with Gasteiger partial charge < -0.3 is 10.6 Å². The average molecular weight is 283 g/mol. The zero-order valence-corrected chi connectivity index (χ0v) is 11.6. The van der Waals surface area contributed by atoms with Crippen LogP contribution in [0.3, 0.4) is 0 Å². The Morgan fingerprint density at radius 3 is 3.05 bits per heavy atom. The van der Waals surface area contributed by atoms with Crippen molar-refractivity contribution in [2.24, 2.45) is 0 Å². The number of carbonyl (C=O) groups is 1. The molecule has 1 fully saturated rings. The molecule has 1 aromatic heterocycles. The molecule has 2 aliphatic rings. The number of anilines is 1. The van der Waals surface area contributed by atoms with E-state index in [4.69, 9.17) is 0 Å². The fourth-order valence-corrected chi connectivity index (χ4v) is 2.66. The van der Waals surface area contributed by atoms with Gasteiger partial charge in [-0.25, -0.2) is 4.98 Å². The van der Waals surface area contributed by atoms with Gasteiger partial charge in [-0.1, -0.05) is 6.07 Å². The number of rotatable bonds is 3. The standard InChI is InChI=1S/C15H17N5O/c21-15(14-18-13(19-20-14)10-1-2-10)17-12-4-3-9-5-6-16-8-11(9)7-12/h3-4,7,10,16H,1-2,5-6,8H2,(H,17,21)(H,18,19,20). The molecule has 1 aliphatic heterocycles. The van der Waals surface area contributed by atoms with Crippen LogP contribution in [-0.2, 0) is 13.0 Å². The van der Waals surface area contributed by atoms with Crippen LogP contribution in [-0.4, -0.2) is 27.6 Å². The summed E-state index contributed by atoms with van der Waals surface area (Å²) in [5, 5.41) is 13.1. The van der Waals surface area contributed by atoms with Crippen molar-refractivity contribution >= 4 is 11.6 Å². The fraction of sp³-hybridized carbons (Fsp3) is 0.400. The van der Waals surface area contributed by atoms with Gasteiger partial charge in [-0.3, -0.25) is 9.89 Å². The second-order valence-electron chi connectivity index (χ2n) is 5.68. The molecule has 0 radical (unpaired) electrons. The van der Waals surface area contributed by atoms with Gasteiger partial charge in [-0.15, -0.1) is 5.10 Å². The second kappa shape index (κ2) is 4.96. The van der Waals surface area contributed by atoms with Gasteiger partial charge in [0.25, 0.3) is 5.91 Å². The highest BCUT2D eigenvalue weighted by atomic mass is 16.2. The molecule has 0 saturated heterocycles. The lowest BCUT2D eigenvalue weighted by atomic mass is 10.0. The smallest absolute Gasteiger partial charge is 0.295 e. The van der Waals surface area contributed by atoms with Crippen molar-refractivity contribution in [2.75, 3.05) is 11.9 Å². The predicted molar refractivity (Wildman–Crippen MR) is 78.2 cm³/mol. The predicted octanol–water partition coefficient (Wildman–Crippen LogP) is 1.58. The first-order valence-corrected chi connectivity index (χ1v) is 7.36. The van der Waals surface area contributed by atoms with E-state index in [1.165, 1.54) is 11.1 Å². The van der Waals surface area contributed by atoms with Gasteiger partial charge >= 0.3 is 0 Å². The van der Waals surface area contributed by atoms with Crippen LogP contribution in [0.2, 0.25) is 0 Å². The summed E-state index contributed by atoms with van der Waals surface area (Å²) in [5.74, 6) is 1.25. The zero-order chi connectivity index (χ0) is 14.2. The Bertz CT molecular complexity index is 689. The maximum atomic E-state index is 12.2. The second-order valence-corrected chi connectivity index (χ2v) is 5.68. The number of nitrogens with zero attached hydrogens (tertiary/aromatic N) is 2. The van der Waals surface area contributed by atoms with Crippen LogP contribution in [0.4, 0.5) is 5.69 Å². The summed E-state index contributed by atoms with van der Waals surface area (Å²) in [4.78, 5) is 16.4. The monoisotopic (exact) mass is 283 g/mol. The van der Waals surface area contributed by atoms with Gasteiger partial charge in [0.1, 0.15) is 5.82 Å². The molecule has 1 amide bonds. The van der Waals surface area contributed by atoms with E-state index in [2.05, 4.69) is 31.9 Å². The summed E-state index contributed by atoms with van der Waals surface area (Å²) >= 11 is 0. The molecule has 1 aromatic carbocycles. The topological polar surface area (TPSA) is 82.7 Å². The van der Waals surface area contributed by atoms with E-state index in [1.54, 1.807) is 0 Å². The number of aromatic amines is 1. The van der Waals surface area contributed by atoms with Crippen molar-refractivity contribution in [1.29, 1.82) is 0 Å². The third kappa shape index (κ3) is 2.54. The molecule has 4 rings (SSSR count). The van der Waals surface area contributed by atoms with Gasteiger partial charge in [-0.05, 0) is 49.1 Å². The maximum Gasteiger partial charge on any atom is 0.295 e. The molecule has 6 heteroatoms. The number of benzene rings is 1. The summed E-state index contributed by atoms with van der Waals surface area (Å²) in [7, 11) is 0. The molecule has 3 N–H and O–H groups in total. The molecule has 1 saturated carbocycles. The Morgan fingerprint density at radius 1 is 1.29 bits per heavy atom. The van der Waals surface area contributed by atoms with E-state index in [0.717, 1.165) is 43.9 Å². The number of amides is 1. The van der Waals surface area contributed by atoms with E-state index in [9.17, 15) is 4.79 Å². The van der Waals surface area contributed by atoms with Crippen LogP contribution >= 0.6 is 0 Å². The van der Waals surface area contributed by atoms with Crippen LogP contribution in [0.1, 0.15) is 46.3 Å². The number of fused-ring (bicyclic) bond motifs is 1. The molecule has 0 atom stereocenters. The molecule has 2 heterocycles. The van der Waals surface area contributed by atoms with E-state index >= 15 is 0 Å². The highest BCUT2D eigenvalue weighted by Gasteiger charge is 2.28. The number of hydrogen-bond donors (Lipinski definition) is 3. The summed E-state index contributed by atoms with van der Waals surface area (Å²) in [6.07, 6.45) is 3.30. The first-order valence-electron chi connectivity index (χ1n) is 7.36. The number of carbonyl (C=O) groups excluding carboxylic acids is 1. The molecule has 6 nitrogen and oxygen atoms in total. The van der Waals surface area contributed by atoms with Gasteiger partial charge in [0.15, 0.2) is 0 Å². The zero-order valence-electron chi connectivity index (χ0n) is 11.6. The van der Waals surface area contributed by atoms with E-state index < -0.39 is 0 Å². The lowest BCUT2D eigenvalue weighted by molar-refractivity contribution is 0.101. The van der Waals surface area contributed by atoms with Gasteiger partial charge in [0.05, 0.1) is 0 Å². The van der Waals surface area contributed by atoms with Crippen LogP contribution in [0, 0.1) is 0 Å². The van der Waals surface area contributed by atoms with Crippen molar-refractivity contribution < 1.29 is 4.79 Å². The Labute approximate surface area is 122 Å². The minimum Gasteiger partial charge on any atom is -0.319 e.